The van der Waals surface area contributed by atoms with Crippen LogP contribution in [0.25, 0.3) is 22.6 Å². The van der Waals surface area contributed by atoms with Crippen molar-refractivity contribution in [3.63, 3.8) is 0 Å². The average molecular weight is 436 g/mol. The van der Waals surface area contributed by atoms with Gasteiger partial charge in [-0.25, -0.2) is 4.98 Å². The largest absolute Gasteiger partial charge is 0.436 e. The van der Waals surface area contributed by atoms with Crippen molar-refractivity contribution in [1.82, 2.24) is 10.3 Å². The summed E-state index contributed by atoms with van der Waals surface area (Å²) in [6.07, 6.45) is 0. The third-order valence-corrected chi connectivity index (χ3v) is 5.15. The van der Waals surface area contributed by atoms with E-state index < -0.39 is 0 Å². The quantitative estimate of drug-likeness (QED) is 0.392. The standard InChI is InChI=1S/C23H18ClN3O2S/c1-13-10-19-20(11-14(13)2)29-22(26-19)15-6-8-18(9-7-15)25-23(30)27-21(28)16-4-3-5-17(24)12-16/h3-12H,1-2H3,(H2,25,27,28,30). The lowest BCUT2D eigenvalue weighted by molar-refractivity contribution is 0.0977. The highest BCUT2D eigenvalue weighted by Gasteiger charge is 2.11. The summed E-state index contributed by atoms with van der Waals surface area (Å²) in [6.45, 7) is 4.10. The number of hydrogen-bond acceptors (Lipinski definition) is 4. The molecule has 5 nitrogen and oxygen atoms in total. The minimum Gasteiger partial charge on any atom is -0.436 e. The van der Waals surface area contributed by atoms with E-state index in [9.17, 15) is 4.79 Å². The van der Waals surface area contributed by atoms with E-state index in [-0.39, 0.29) is 11.0 Å². The number of nitrogens with one attached hydrogen (secondary N) is 2. The second-order valence-electron chi connectivity index (χ2n) is 6.92. The van der Waals surface area contributed by atoms with Crippen LogP contribution in [0.1, 0.15) is 21.5 Å². The SMILES string of the molecule is Cc1cc2nc(-c3ccc(NC(=S)NC(=O)c4cccc(Cl)c4)cc3)oc2cc1C. The molecule has 7 heteroatoms. The summed E-state index contributed by atoms with van der Waals surface area (Å²) in [4.78, 5) is 16.8. The molecule has 150 valence electrons. The van der Waals surface area contributed by atoms with Crippen LogP contribution in [0.5, 0.6) is 0 Å². The Balaban J connectivity index is 1.44. The number of carbonyl (C=O) groups excluding carboxylic acids is 1. The molecule has 0 fully saturated rings. The predicted molar refractivity (Wildman–Crippen MR) is 124 cm³/mol. The van der Waals surface area contributed by atoms with Crippen molar-refractivity contribution in [2.75, 3.05) is 5.32 Å². The van der Waals surface area contributed by atoms with Crippen LogP contribution in [0.15, 0.2) is 65.1 Å². The Morgan fingerprint density at radius 2 is 1.77 bits per heavy atom. The monoisotopic (exact) mass is 435 g/mol. The van der Waals surface area contributed by atoms with E-state index in [0.717, 1.165) is 27.9 Å². The van der Waals surface area contributed by atoms with Gasteiger partial charge in [0.05, 0.1) is 0 Å². The molecule has 0 saturated carbocycles. The molecule has 0 saturated heterocycles. The highest BCUT2D eigenvalue weighted by Crippen LogP contribution is 2.27. The number of halogens is 1. The lowest BCUT2D eigenvalue weighted by Gasteiger charge is -2.10. The van der Waals surface area contributed by atoms with Gasteiger partial charge in [-0.05, 0) is 91.8 Å². The fourth-order valence-electron chi connectivity index (χ4n) is 2.97. The second-order valence-corrected chi connectivity index (χ2v) is 7.76. The van der Waals surface area contributed by atoms with Crippen molar-refractivity contribution < 1.29 is 9.21 Å². The Morgan fingerprint density at radius 1 is 1.03 bits per heavy atom. The number of aryl methyl sites for hydroxylation is 2. The van der Waals surface area contributed by atoms with E-state index >= 15 is 0 Å². The average Bonchev–Trinajstić information content (AvgIpc) is 3.11. The summed E-state index contributed by atoms with van der Waals surface area (Å²) in [5, 5.41) is 6.31. The van der Waals surface area contributed by atoms with Gasteiger partial charge in [-0.15, -0.1) is 0 Å². The molecule has 1 amide bonds. The predicted octanol–water partition coefficient (Wildman–Crippen LogP) is 5.89. The number of amides is 1. The highest BCUT2D eigenvalue weighted by atomic mass is 35.5. The van der Waals surface area contributed by atoms with E-state index in [1.54, 1.807) is 24.3 Å². The van der Waals surface area contributed by atoms with Crippen molar-refractivity contribution >= 4 is 51.6 Å². The Hall–Kier alpha value is -3.22. The molecule has 0 radical (unpaired) electrons. The van der Waals surface area contributed by atoms with Gasteiger partial charge in [-0.2, -0.15) is 0 Å². The zero-order valence-corrected chi connectivity index (χ0v) is 17.9. The number of hydrogen-bond donors (Lipinski definition) is 2. The summed E-state index contributed by atoms with van der Waals surface area (Å²) in [5.74, 6) is 0.224. The van der Waals surface area contributed by atoms with Crippen LogP contribution in [0, 0.1) is 13.8 Å². The number of benzene rings is 3. The molecular weight excluding hydrogens is 418 g/mol. The maximum Gasteiger partial charge on any atom is 0.257 e. The van der Waals surface area contributed by atoms with E-state index in [1.165, 1.54) is 5.56 Å². The van der Waals surface area contributed by atoms with Gasteiger partial charge in [0.25, 0.3) is 5.91 Å². The normalized spacial score (nSPS) is 10.8. The number of anilines is 1. The van der Waals surface area contributed by atoms with Crippen molar-refractivity contribution in [2.24, 2.45) is 0 Å². The van der Waals surface area contributed by atoms with Crippen LogP contribution in [-0.4, -0.2) is 16.0 Å². The molecule has 30 heavy (non-hydrogen) atoms. The fourth-order valence-corrected chi connectivity index (χ4v) is 3.37. The molecule has 0 atom stereocenters. The second kappa shape index (κ2) is 8.26. The third kappa shape index (κ3) is 4.35. The van der Waals surface area contributed by atoms with Crippen molar-refractivity contribution in [3.8, 4) is 11.5 Å². The Bertz CT molecular complexity index is 1230. The minimum atomic E-state index is -0.330. The first-order valence-electron chi connectivity index (χ1n) is 9.25. The first kappa shape index (κ1) is 20.1. The summed E-state index contributed by atoms with van der Waals surface area (Å²) < 4.78 is 5.90. The third-order valence-electron chi connectivity index (χ3n) is 4.71. The molecule has 0 spiro atoms. The van der Waals surface area contributed by atoms with Crippen LogP contribution < -0.4 is 10.6 Å². The fraction of sp³-hybridized carbons (Fsp3) is 0.0870. The van der Waals surface area contributed by atoms with Crippen LogP contribution in [0.2, 0.25) is 5.02 Å². The van der Waals surface area contributed by atoms with Gasteiger partial charge in [-0.1, -0.05) is 17.7 Å². The minimum absolute atomic E-state index is 0.195. The number of fused-ring (bicyclic) bond motifs is 1. The molecule has 1 heterocycles. The molecule has 0 unspecified atom stereocenters. The molecule has 1 aromatic heterocycles. The van der Waals surface area contributed by atoms with Gasteiger partial charge < -0.3 is 9.73 Å². The van der Waals surface area contributed by atoms with Gasteiger partial charge >= 0.3 is 0 Å². The molecule has 4 rings (SSSR count). The van der Waals surface area contributed by atoms with Gasteiger partial charge in [0.1, 0.15) is 5.52 Å². The molecule has 0 aliphatic heterocycles. The number of rotatable bonds is 3. The number of nitrogens with zero attached hydrogens (tertiary/aromatic N) is 1. The van der Waals surface area contributed by atoms with Crippen LogP contribution in [0.3, 0.4) is 0 Å². The van der Waals surface area contributed by atoms with Crippen LogP contribution in [0.4, 0.5) is 5.69 Å². The lowest BCUT2D eigenvalue weighted by atomic mass is 10.1. The number of carbonyl (C=O) groups is 1. The molecule has 4 aromatic rings. The molecular formula is C23H18ClN3O2S. The molecule has 2 N–H and O–H groups in total. The molecule has 0 aliphatic carbocycles. The van der Waals surface area contributed by atoms with E-state index in [4.69, 9.17) is 28.2 Å². The lowest BCUT2D eigenvalue weighted by Crippen LogP contribution is -2.34. The van der Waals surface area contributed by atoms with Gasteiger partial charge in [0.15, 0.2) is 10.7 Å². The molecule has 3 aromatic carbocycles. The summed E-state index contributed by atoms with van der Waals surface area (Å²) in [7, 11) is 0. The van der Waals surface area contributed by atoms with E-state index in [1.807, 2.05) is 43.3 Å². The van der Waals surface area contributed by atoms with Crippen LogP contribution in [-0.2, 0) is 0 Å². The highest BCUT2D eigenvalue weighted by molar-refractivity contribution is 7.80. The van der Waals surface area contributed by atoms with Gasteiger partial charge in [0.2, 0.25) is 5.89 Å². The Kier molecular flexibility index (Phi) is 5.53. The first-order chi connectivity index (χ1) is 14.4. The first-order valence-corrected chi connectivity index (χ1v) is 10.0. The van der Waals surface area contributed by atoms with Gasteiger partial charge in [0, 0.05) is 21.8 Å². The molecule has 0 aliphatic rings. The Morgan fingerprint density at radius 3 is 2.50 bits per heavy atom. The molecule has 0 bridgehead atoms. The summed E-state index contributed by atoms with van der Waals surface area (Å²) >= 11 is 11.2. The van der Waals surface area contributed by atoms with Crippen molar-refractivity contribution in [3.05, 3.63) is 82.4 Å². The Labute approximate surface area is 184 Å². The maximum absolute atomic E-state index is 12.3. The van der Waals surface area contributed by atoms with Crippen molar-refractivity contribution in [2.45, 2.75) is 13.8 Å². The van der Waals surface area contributed by atoms with Crippen LogP contribution >= 0.6 is 23.8 Å². The zero-order chi connectivity index (χ0) is 21.3. The topological polar surface area (TPSA) is 67.2 Å². The zero-order valence-electron chi connectivity index (χ0n) is 16.3. The summed E-state index contributed by atoms with van der Waals surface area (Å²) in [6, 6.07) is 18.1. The van der Waals surface area contributed by atoms with Gasteiger partial charge in [-0.3, -0.25) is 10.1 Å². The smallest absolute Gasteiger partial charge is 0.257 e. The van der Waals surface area contributed by atoms with E-state index in [2.05, 4.69) is 22.5 Å². The number of thiocarbonyl (C=S) groups is 1. The van der Waals surface area contributed by atoms with Crippen molar-refractivity contribution in [1.29, 1.82) is 0 Å². The maximum atomic E-state index is 12.3. The number of aromatic nitrogens is 1. The number of oxazole rings is 1. The summed E-state index contributed by atoms with van der Waals surface area (Å²) in [5.41, 5.74) is 5.95. The van der Waals surface area contributed by atoms with E-state index in [0.29, 0.717) is 16.5 Å².